The third-order valence-electron chi connectivity index (χ3n) is 10.6. The number of ether oxygens (including phenoxy) is 2. The zero-order valence-electron chi connectivity index (χ0n) is 24.7. The molecule has 11 heteroatoms. The molecule has 0 amide bonds. The van der Waals surface area contributed by atoms with Gasteiger partial charge in [0.15, 0.2) is 17.5 Å². The highest BCUT2D eigenvalue weighted by Gasteiger charge is 2.49. The highest BCUT2D eigenvalue weighted by Crippen LogP contribution is 2.48. The lowest BCUT2D eigenvalue weighted by Crippen LogP contribution is -2.51. The third-order valence-corrected chi connectivity index (χ3v) is 10.6. The highest BCUT2D eigenvalue weighted by atomic mass is 19.2. The van der Waals surface area contributed by atoms with E-state index < -0.39 is 17.5 Å². The molecule has 3 aromatic carbocycles. The molecule has 1 saturated carbocycles. The standard InChI is InChI=1S/C34H34F3N5O3/c35-27-6-1-18-9-22(43)11-26(28(18)30(27)37)24-4-5-25-31(29(24)36)39-33(40-32(25)41-12-19-2-3-20(13-41)38-19)45-17-34(7-8-34)16-42-14-23-10-21(42)15-44-23/h1,4-6,9,11,19-21,23,38,43H,2-3,7-8,10,12-17H2/t19?,20?,21-,23-/m0/s1. The molecule has 4 atom stereocenters. The highest BCUT2D eigenvalue weighted by molar-refractivity contribution is 6.01. The number of piperazine rings is 1. The summed E-state index contributed by atoms with van der Waals surface area (Å²) in [5, 5.41) is 14.7. The Morgan fingerprint density at radius 1 is 0.978 bits per heavy atom. The number of nitrogens with zero attached hydrogens (tertiary/aromatic N) is 4. The molecule has 5 heterocycles. The van der Waals surface area contributed by atoms with Gasteiger partial charge in [0.05, 0.1) is 19.3 Å². The van der Waals surface area contributed by atoms with Crippen molar-refractivity contribution in [2.24, 2.45) is 5.41 Å². The van der Waals surface area contributed by atoms with E-state index >= 15 is 8.78 Å². The van der Waals surface area contributed by atoms with Gasteiger partial charge in [-0.2, -0.15) is 9.97 Å². The molecule has 4 saturated heterocycles. The number of aromatic hydroxyl groups is 1. The number of phenols is 1. The Hall–Kier alpha value is -3.67. The number of nitrogens with one attached hydrogen (secondary N) is 1. The van der Waals surface area contributed by atoms with Gasteiger partial charge in [0.2, 0.25) is 0 Å². The van der Waals surface area contributed by atoms with Crippen LogP contribution < -0.4 is 15.0 Å². The number of anilines is 1. The summed E-state index contributed by atoms with van der Waals surface area (Å²) >= 11 is 0. The second-order valence-corrected chi connectivity index (χ2v) is 13.7. The van der Waals surface area contributed by atoms with Crippen molar-refractivity contribution in [1.82, 2.24) is 20.2 Å². The number of benzene rings is 3. The molecule has 234 valence electrons. The fourth-order valence-electron chi connectivity index (χ4n) is 8.05. The number of hydrogen-bond donors (Lipinski definition) is 2. The number of aromatic nitrogens is 2. The van der Waals surface area contributed by atoms with E-state index in [4.69, 9.17) is 14.5 Å². The average Bonchev–Trinajstić information content (AvgIpc) is 3.29. The maximum Gasteiger partial charge on any atom is 0.319 e. The number of phenolic OH excluding ortho intramolecular Hbond substituents is 1. The Morgan fingerprint density at radius 3 is 2.53 bits per heavy atom. The fourth-order valence-corrected chi connectivity index (χ4v) is 8.05. The number of likely N-dealkylation sites (tertiary alicyclic amines) is 1. The molecule has 4 aliphatic heterocycles. The van der Waals surface area contributed by atoms with Crippen molar-refractivity contribution in [3.63, 3.8) is 0 Å². The second kappa shape index (κ2) is 10.2. The second-order valence-electron chi connectivity index (χ2n) is 13.7. The van der Waals surface area contributed by atoms with Crippen LogP contribution in [0, 0.1) is 22.9 Å². The normalized spacial score (nSPS) is 26.8. The van der Waals surface area contributed by atoms with Gasteiger partial charge in [-0.05, 0) is 67.3 Å². The van der Waals surface area contributed by atoms with E-state index in [1.807, 2.05) is 0 Å². The predicted molar refractivity (Wildman–Crippen MR) is 163 cm³/mol. The minimum absolute atomic E-state index is 0.00819. The van der Waals surface area contributed by atoms with Crippen molar-refractivity contribution in [3.05, 3.63) is 53.8 Å². The molecule has 4 bridgehead atoms. The molecule has 5 aliphatic rings. The minimum Gasteiger partial charge on any atom is -0.508 e. The summed E-state index contributed by atoms with van der Waals surface area (Å²) < 4.78 is 58.3. The van der Waals surface area contributed by atoms with Crippen molar-refractivity contribution < 1.29 is 27.8 Å². The van der Waals surface area contributed by atoms with E-state index in [0.717, 1.165) is 71.0 Å². The van der Waals surface area contributed by atoms with Gasteiger partial charge < -0.3 is 24.8 Å². The Bertz CT molecular complexity index is 1840. The molecule has 5 fully saturated rings. The van der Waals surface area contributed by atoms with Gasteiger partial charge in [0, 0.05) is 66.1 Å². The van der Waals surface area contributed by atoms with Crippen LogP contribution in [0.3, 0.4) is 0 Å². The summed E-state index contributed by atoms with van der Waals surface area (Å²) in [7, 11) is 0. The van der Waals surface area contributed by atoms with Crippen molar-refractivity contribution >= 4 is 27.5 Å². The summed E-state index contributed by atoms with van der Waals surface area (Å²) in [6, 6.07) is 9.46. The van der Waals surface area contributed by atoms with Gasteiger partial charge in [-0.25, -0.2) is 13.2 Å². The van der Waals surface area contributed by atoms with Crippen molar-refractivity contribution in [1.29, 1.82) is 0 Å². The largest absolute Gasteiger partial charge is 0.508 e. The number of hydrogen-bond acceptors (Lipinski definition) is 8. The van der Waals surface area contributed by atoms with Crippen LogP contribution in [0.1, 0.15) is 32.1 Å². The zero-order chi connectivity index (χ0) is 30.4. The van der Waals surface area contributed by atoms with Gasteiger partial charge in [-0.1, -0.05) is 12.1 Å². The van der Waals surface area contributed by atoms with E-state index in [2.05, 4.69) is 20.1 Å². The van der Waals surface area contributed by atoms with E-state index in [9.17, 15) is 9.50 Å². The molecule has 2 unspecified atom stereocenters. The summed E-state index contributed by atoms with van der Waals surface area (Å²) in [6.07, 6.45) is 5.67. The molecule has 1 aliphatic carbocycles. The first-order valence-corrected chi connectivity index (χ1v) is 15.9. The summed E-state index contributed by atoms with van der Waals surface area (Å²) in [5.74, 6) is -2.43. The molecule has 45 heavy (non-hydrogen) atoms. The van der Waals surface area contributed by atoms with Gasteiger partial charge in [0.1, 0.15) is 17.1 Å². The number of rotatable bonds is 7. The van der Waals surface area contributed by atoms with E-state index in [1.54, 1.807) is 6.07 Å². The Balaban J connectivity index is 1.12. The summed E-state index contributed by atoms with van der Waals surface area (Å²) in [4.78, 5) is 14.2. The van der Waals surface area contributed by atoms with Crippen LogP contribution in [-0.4, -0.2) is 83.6 Å². The summed E-state index contributed by atoms with van der Waals surface area (Å²) in [6.45, 7) is 4.58. The monoisotopic (exact) mass is 617 g/mol. The first-order valence-electron chi connectivity index (χ1n) is 15.9. The smallest absolute Gasteiger partial charge is 0.319 e. The molecule has 0 spiro atoms. The molecular weight excluding hydrogens is 583 g/mol. The third kappa shape index (κ3) is 4.70. The zero-order valence-corrected chi connectivity index (χ0v) is 24.7. The van der Waals surface area contributed by atoms with E-state index in [1.165, 1.54) is 24.3 Å². The SMILES string of the molecule is Oc1cc(-c2ccc3c(N4CC5CCC(C4)N5)nc(OCC4(CN5C[C@@H]6C[C@H]5CO6)CC4)nc3c2F)c2c(F)c(F)ccc2c1. The van der Waals surface area contributed by atoms with Crippen molar-refractivity contribution in [2.75, 3.05) is 44.3 Å². The lowest BCUT2D eigenvalue weighted by atomic mass is 9.95. The molecule has 1 aromatic heterocycles. The van der Waals surface area contributed by atoms with E-state index in [0.29, 0.717) is 42.0 Å². The van der Waals surface area contributed by atoms with E-state index in [-0.39, 0.29) is 44.6 Å². The molecule has 0 radical (unpaired) electrons. The fraction of sp³-hybridized carbons (Fsp3) is 0.471. The predicted octanol–water partition coefficient (Wildman–Crippen LogP) is 5.15. The molecule has 4 aromatic rings. The first-order chi connectivity index (χ1) is 21.8. The van der Waals surface area contributed by atoms with Crippen LogP contribution in [0.25, 0.3) is 32.8 Å². The van der Waals surface area contributed by atoms with Gasteiger partial charge in [-0.15, -0.1) is 0 Å². The van der Waals surface area contributed by atoms with Crippen LogP contribution in [0.4, 0.5) is 19.0 Å². The Labute approximate surface area is 258 Å². The lowest BCUT2D eigenvalue weighted by molar-refractivity contribution is 0.0176. The lowest BCUT2D eigenvalue weighted by Gasteiger charge is -2.34. The van der Waals surface area contributed by atoms with Gasteiger partial charge in [-0.3, -0.25) is 4.90 Å². The number of morpholine rings is 1. The van der Waals surface area contributed by atoms with Crippen molar-refractivity contribution in [2.45, 2.75) is 56.3 Å². The quantitative estimate of drug-likeness (QED) is 0.295. The molecule has 2 N–H and O–H groups in total. The molecular formula is C34H34F3N5O3. The Morgan fingerprint density at radius 2 is 1.80 bits per heavy atom. The van der Waals surface area contributed by atoms with Crippen LogP contribution in [-0.2, 0) is 4.74 Å². The van der Waals surface area contributed by atoms with Crippen LogP contribution in [0.15, 0.2) is 36.4 Å². The topological polar surface area (TPSA) is 83.0 Å². The summed E-state index contributed by atoms with van der Waals surface area (Å²) in [5.41, 5.74) is 0.115. The van der Waals surface area contributed by atoms with Crippen molar-refractivity contribution in [3.8, 4) is 22.9 Å². The maximum atomic E-state index is 16.7. The van der Waals surface area contributed by atoms with Crippen LogP contribution in [0.5, 0.6) is 11.8 Å². The van der Waals surface area contributed by atoms with Crippen LogP contribution in [0.2, 0.25) is 0 Å². The molecule has 8 nitrogen and oxygen atoms in total. The number of fused-ring (bicyclic) bond motifs is 6. The number of halogens is 3. The minimum atomic E-state index is -1.10. The maximum absolute atomic E-state index is 16.7. The first kappa shape index (κ1) is 27.6. The van der Waals surface area contributed by atoms with Gasteiger partial charge >= 0.3 is 6.01 Å². The Kier molecular flexibility index (Phi) is 6.24. The van der Waals surface area contributed by atoms with Crippen LogP contribution >= 0.6 is 0 Å². The van der Waals surface area contributed by atoms with Gasteiger partial charge in [0.25, 0.3) is 0 Å². The molecule has 9 rings (SSSR count). The average molecular weight is 618 g/mol.